The highest BCUT2D eigenvalue weighted by atomic mass is 14.5. The third-order valence-corrected chi connectivity index (χ3v) is 0.712. The van der Waals surface area contributed by atoms with Crippen molar-refractivity contribution in [1.29, 1.82) is 5.26 Å². The third kappa shape index (κ3) is 1.96. The standard InChI is InChI=1S/C5H8N2/c1-2-5(3-6)4-7/h2H,3,6H2,1H3/b5-2-. The van der Waals surface area contributed by atoms with E-state index in [9.17, 15) is 0 Å². The molecule has 0 atom stereocenters. The molecule has 2 heteroatoms. The zero-order valence-corrected chi connectivity index (χ0v) is 4.31. The van der Waals surface area contributed by atoms with Crippen molar-refractivity contribution >= 4 is 0 Å². The summed E-state index contributed by atoms with van der Waals surface area (Å²) in [5.41, 5.74) is 5.74. The topological polar surface area (TPSA) is 49.8 Å². The molecule has 2 N–H and O–H groups in total. The van der Waals surface area contributed by atoms with Crippen LogP contribution in [0.1, 0.15) is 6.92 Å². The first-order valence-electron chi connectivity index (χ1n) is 2.10. The average Bonchev–Trinajstić information content (AvgIpc) is 1.72. The van der Waals surface area contributed by atoms with Gasteiger partial charge in [-0.3, -0.25) is 0 Å². The van der Waals surface area contributed by atoms with E-state index >= 15 is 0 Å². The van der Waals surface area contributed by atoms with E-state index in [2.05, 4.69) is 0 Å². The van der Waals surface area contributed by atoms with Gasteiger partial charge in [0.25, 0.3) is 0 Å². The lowest BCUT2D eigenvalue weighted by Gasteiger charge is -1.82. The highest BCUT2D eigenvalue weighted by Gasteiger charge is 1.82. The van der Waals surface area contributed by atoms with E-state index in [4.69, 9.17) is 11.0 Å². The Morgan fingerprint density at radius 3 is 2.57 bits per heavy atom. The SMILES string of the molecule is C/C=C(\C#N)CN. The van der Waals surface area contributed by atoms with Crippen molar-refractivity contribution < 1.29 is 0 Å². The van der Waals surface area contributed by atoms with Crippen molar-refractivity contribution in [3.63, 3.8) is 0 Å². The van der Waals surface area contributed by atoms with Gasteiger partial charge >= 0.3 is 0 Å². The Kier molecular flexibility index (Phi) is 2.99. The molecule has 0 aliphatic heterocycles. The van der Waals surface area contributed by atoms with Gasteiger partial charge in [-0.1, -0.05) is 6.08 Å². The van der Waals surface area contributed by atoms with Gasteiger partial charge in [-0.05, 0) is 6.92 Å². The first-order chi connectivity index (χ1) is 3.35. The summed E-state index contributed by atoms with van der Waals surface area (Å²) in [5.74, 6) is 0. The Morgan fingerprint density at radius 1 is 2.00 bits per heavy atom. The lowest BCUT2D eigenvalue weighted by molar-refractivity contribution is 1.18. The molecule has 0 saturated heterocycles. The minimum Gasteiger partial charge on any atom is -0.326 e. The monoisotopic (exact) mass is 96.1 g/mol. The molecule has 0 bridgehead atoms. The van der Waals surface area contributed by atoms with E-state index in [1.54, 1.807) is 13.0 Å². The van der Waals surface area contributed by atoms with Gasteiger partial charge in [0.2, 0.25) is 0 Å². The maximum atomic E-state index is 8.13. The average molecular weight is 96.1 g/mol. The number of allylic oxidation sites excluding steroid dienone is 1. The molecule has 0 aliphatic rings. The van der Waals surface area contributed by atoms with Crippen LogP contribution in [0.5, 0.6) is 0 Å². The fraction of sp³-hybridized carbons (Fsp3) is 0.400. The second-order valence-electron chi connectivity index (χ2n) is 1.13. The van der Waals surface area contributed by atoms with Crippen LogP contribution in [0.3, 0.4) is 0 Å². The van der Waals surface area contributed by atoms with Crippen LogP contribution < -0.4 is 5.73 Å². The predicted molar refractivity (Wildman–Crippen MR) is 28.4 cm³/mol. The molecule has 7 heavy (non-hydrogen) atoms. The maximum Gasteiger partial charge on any atom is 0.0957 e. The minimum absolute atomic E-state index is 0.354. The lowest BCUT2D eigenvalue weighted by atomic mass is 10.3. The van der Waals surface area contributed by atoms with Gasteiger partial charge in [0.15, 0.2) is 0 Å². The van der Waals surface area contributed by atoms with Crippen molar-refractivity contribution in [2.75, 3.05) is 6.54 Å². The summed E-state index contributed by atoms with van der Waals surface area (Å²) in [5, 5.41) is 8.13. The smallest absolute Gasteiger partial charge is 0.0957 e. The molecule has 0 heterocycles. The van der Waals surface area contributed by atoms with Crippen LogP contribution in [0.25, 0.3) is 0 Å². The molecule has 38 valence electrons. The second kappa shape index (κ2) is 3.38. The third-order valence-electron chi connectivity index (χ3n) is 0.712. The summed E-state index contributed by atoms with van der Waals surface area (Å²) in [6.45, 7) is 2.15. The van der Waals surface area contributed by atoms with Crippen LogP contribution in [0.2, 0.25) is 0 Å². The molecule has 0 aromatic rings. The van der Waals surface area contributed by atoms with Gasteiger partial charge in [0, 0.05) is 12.1 Å². The molecule has 0 radical (unpaired) electrons. The molecular formula is C5H8N2. The Balaban J connectivity index is 3.68. The van der Waals surface area contributed by atoms with Crippen LogP contribution in [-0.4, -0.2) is 6.54 Å². The van der Waals surface area contributed by atoms with Gasteiger partial charge < -0.3 is 5.73 Å². The second-order valence-corrected chi connectivity index (χ2v) is 1.13. The van der Waals surface area contributed by atoms with Crippen LogP contribution in [0.4, 0.5) is 0 Å². The molecule has 0 rings (SSSR count). The Morgan fingerprint density at radius 2 is 2.57 bits per heavy atom. The molecule has 2 nitrogen and oxygen atoms in total. The van der Waals surface area contributed by atoms with Crippen molar-refractivity contribution in [3.8, 4) is 6.07 Å². The van der Waals surface area contributed by atoms with E-state index in [-0.39, 0.29) is 0 Å². The molecule has 0 amide bonds. The largest absolute Gasteiger partial charge is 0.326 e. The van der Waals surface area contributed by atoms with E-state index < -0.39 is 0 Å². The number of hydrogen-bond donors (Lipinski definition) is 1. The molecule has 0 unspecified atom stereocenters. The maximum absolute atomic E-state index is 8.13. The van der Waals surface area contributed by atoms with Gasteiger partial charge in [-0.15, -0.1) is 0 Å². The number of hydrogen-bond acceptors (Lipinski definition) is 2. The van der Waals surface area contributed by atoms with E-state index in [1.165, 1.54) is 0 Å². The van der Waals surface area contributed by atoms with E-state index in [0.717, 1.165) is 0 Å². The van der Waals surface area contributed by atoms with Crippen LogP contribution in [0.15, 0.2) is 11.6 Å². The molecule has 0 spiro atoms. The number of nitrogens with zero attached hydrogens (tertiary/aromatic N) is 1. The highest BCUT2D eigenvalue weighted by molar-refractivity contribution is 5.20. The number of nitriles is 1. The molecule has 0 aromatic carbocycles. The van der Waals surface area contributed by atoms with Crippen molar-refractivity contribution in [3.05, 3.63) is 11.6 Å². The quantitative estimate of drug-likeness (QED) is 0.481. The van der Waals surface area contributed by atoms with Crippen molar-refractivity contribution in [1.82, 2.24) is 0 Å². The summed E-state index contributed by atoms with van der Waals surface area (Å²) in [7, 11) is 0. The fourth-order valence-corrected chi connectivity index (χ4v) is 0.228. The first kappa shape index (κ1) is 6.19. The summed E-state index contributed by atoms with van der Waals surface area (Å²) >= 11 is 0. The molecule has 0 fully saturated rings. The Hall–Kier alpha value is -0.810. The summed E-state index contributed by atoms with van der Waals surface area (Å²) in [6.07, 6.45) is 1.71. The molecule has 0 aromatic heterocycles. The van der Waals surface area contributed by atoms with E-state index in [1.807, 2.05) is 6.07 Å². The lowest BCUT2D eigenvalue weighted by Crippen LogP contribution is -1.99. The molecule has 0 saturated carbocycles. The fourth-order valence-electron chi connectivity index (χ4n) is 0.228. The van der Waals surface area contributed by atoms with Crippen LogP contribution in [0, 0.1) is 11.3 Å². The first-order valence-corrected chi connectivity index (χ1v) is 2.10. The summed E-state index contributed by atoms with van der Waals surface area (Å²) in [6, 6.07) is 1.94. The van der Waals surface area contributed by atoms with Gasteiger partial charge in [-0.25, -0.2) is 0 Å². The summed E-state index contributed by atoms with van der Waals surface area (Å²) < 4.78 is 0. The van der Waals surface area contributed by atoms with Crippen molar-refractivity contribution in [2.45, 2.75) is 6.92 Å². The Bertz CT molecular complexity index is 108. The number of nitrogens with two attached hydrogens (primary N) is 1. The van der Waals surface area contributed by atoms with Crippen LogP contribution in [-0.2, 0) is 0 Å². The normalized spacial score (nSPS) is 10.7. The minimum atomic E-state index is 0.354. The van der Waals surface area contributed by atoms with Gasteiger partial charge in [-0.2, -0.15) is 5.26 Å². The molecular weight excluding hydrogens is 88.1 g/mol. The zero-order chi connectivity index (χ0) is 5.70. The number of rotatable bonds is 1. The van der Waals surface area contributed by atoms with E-state index in [0.29, 0.717) is 12.1 Å². The van der Waals surface area contributed by atoms with Gasteiger partial charge in [0.05, 0.1) is 6.07 Å². The summed E-state index contributed by atoms with van der Waals surface area (Å²) in [4.78, 5) is 0. The highest BCUT2D eigenvalue weighted by Crippen LogP contribution is 1.83. The van der Waals surface area contributed by atoms with Gasteiger partial charge in [0.1, 0.15) is 0 Å². The predicted octanol–water partition coefficient (Wildman–Crippen LogP) is 0.415. The molecule has 0 aliphatic carbocycles. The van der Waals surface area contributed by atoms with Crippen molar-refractivity contribution in [2.24, 2.45) is 5.73 Å². The zero-order valence-electron chi connectivity index (χ0n) is 4.31. The van der Waals surface area contributed by atoms with Crippen LogP contribution >= 0.6 is 0 Å². The Labute approximate surface area is 43.2 Å².